The molecule has 3 aromatic heterocycles. The second-order valence-corrected chi connectivity index (χ2v) is 8.72. The molecule has 1 atom stereocenters. The van der Waals surface area contributed by atoms with Gasteiger partial charge in [-0.25, -0.2) is 4.98 Å². The number of aliphatic hydroxyl groups excluding tert-OH is 1. The van der Waals surface area contributed by atoms with Crippen LogP contribution in [0.3, 0.4) is 0 Å². The number of ketones is 1. The summed E-state index contributed by atoms with van der Waals surface area (Å²) in [6.07, 6.45) is 4.87. The molecule has 0 bridgehead atoms. The van der Waals surface area contributed by atoms with Crippen molar-refractivity contribution in [1.29, 1.82) is 0 Å². The Morgan fingerprint density at radius 1 is 1.16 bits per heavy atom. The van der Waals surface area contributed by atoms with Crippen LogP contribution in [0.5, 0.6) is 11.5 Å². The Hall–Kier alpha value is -4.79. The quantitative estimate of drug-likeness (QED) is 0.148. The molecule has 1 aliphatic rings. The van der Waals surface area contributed by atoms with Gasteiger partial charge < -0.3 is 23.9 Å². The van der Waals surface area contributed by atoms with Crippen LogP contribution in [0.25, 0.3) is 11.4 Å². The number of hydrogen-bond acceptors (Lipinski definition) is 7. The molecule has 38 heavy (non-hydrogen) atoms. The van der Waals surface area contributed by atoms with E-state index in [1.807, 2.05) is 13.0 Å². The Balaban J connectivity index is 1.70. The molecule has 1 saturated heterocycles. The van der Waals surface area contributed by atoms with Crippen LogP contribution in [-0.2, 0) is 16.1 Å². The zero-order valence-electron chi connectivity index (χ0n) is 21.1. The minimum atomic E-state index is -0.915. The molecule has 194 valence electrons. The predicted molar refractivity (Wildman–Crippen MR) is 140 cm³/mol. The molecular formula is C29H27N3O6. The molecule has 1 unspecified atom stereocenters. The summed E-state index contributed by atoms with van der Waals surface area (Å²) >= 11 is 0. The molecule has 4 aromatic rings. The zero-order chi connectivity index (χ0) is 26.8. The van der Waals surface area contributed by atoms with Crippen molar-refractivity contribution in [2.24, 2.45) is 0 Å². The number of aromatic nitrogens is 2. The number of imidazole rings is 1. The van der Waals surface area contributed by atoms with Crippen LogP contribution < -0.4 is 9.47 Å². The molecule has 5 rings (SSSR count). The third-order valence-corrected chi connectivity index (χ3v) is 6.31. The van der Waals surface area contributed by atoms with E-state index in [1.54, 1.807) is 66.1 Å². The fraction of sp³-hybridized carbons (Fsp3) is 0.207. The smallest absolute Gasteiger partial charge is 0.296 e. The lowest BCUT2D eigenvalue weighted by Crippen LogP contribution is -2.29. The van der Waals surface area contributed by atoms with E-state index in [-0.39, 0.29) is 24.5 Å². The fourth-order valence-electron chi connectivity index (χ4n) is 4.72. The van der Waals surface area contributed by atoms with Crippen molar-refractivity contribution in [3.63, 3.8) is 0 Å². The number of furan rings is 1. The normalized spacial score (nSPS) is 16.8. The molecule has 1 amide bonds. The fourth-order valence-corrected chi connectivity index (χ4v) is 4.72. The molecule has 1 fully saturated rings. The van der Waals surface area contributed by atoms with Crippen molar-refractivity contribution in [1.82, 2.24) is 14.3 Å². The summed E-state index contributed by atoms with van der Waals surface area (Å²) in [6, 6.07) is 13.1. The number of amides is 1. The van der Waals surface area contributed by atoms with Crippen LogP contribution in [0.15, 0.2) is 83.6 Å². The van der Waals surface area contributed by atoms with Crippen molar-refractivity contribution in [3.8, 4) is 11.5 Å². The number of likely N-dealkylation sites (tertiary alicyclic amines) is 1. The number of pyridine rings is 1. The molecule has 9 nitrogen and oxygen atoms in total. The zero-order valence-corrected chi connectivity index (χ0v) is 21.1. The van der Waals surface area contributed by atoms with Gasteiger partial charge in [-0.15, -0.1) is 0 Å². The van der Waals surface area contributed by atoms with Gasteiger partial charge in [-0.3, -0.25) is 14.0 Å². The predicted octanol–water partition coefficient (Wildman–Crippen LogP) is 4.82. The third-order valence-electron chi connectivity index (χ3n) is 6.31. The maximum Gasteiger partial charge on any atom is 0.296 e. The summed E-state index contributed by atoms with van der Waals surface area (Å²) in [5, 5.41) is 11.6. The van der Waals surface area contributed by atoms with Crippen LogP contribution in [0, 0.1) is 6.92 Å². The van der Waals surface area contributed by atoms with Crippen LogP contribution >= 0.6 is 0 Å². The van der Waals surface area contributed by atoms with Crippen molar-refractivity contribution < 1.29 is 28.6 Å². The highest BCUT2D eigenvalue weighted by molar-refractivity contribution is 6.46. The minimum Gasteiger partial charge on any atom is -0.505 e. The highest BCUT2D eigenvalue weighted by atomic mass is 16.5. The summed E-state index contributed by atoms with van der Waals surface area (Å²) in [5.41, 5.74) is 2.00. The first-order chi connectivity index (χ1) is 18.4. The summed E-state index contributed by atoms with van der Waals surface area (Å²) in [4.78, 5) is 32.8. The Bertz CT molecular complexity index is 1550. The first kappa shape index (κ1) is 24.9. The van der Waals surface area contributed by atoms with Crippen LogP contribution in [-0.4, -0.2) is 44.3 Å². The second kappa shape index (κ2) is 10.3. The summed E-state index contributed by atoms with van der Waals surface area (Å²) in [5.74, 6) is -0.411. The number of nitrogens with zero attached hydrogens (tertiary/aromatic N) is 3. The average molecular weight is 514 g/mol. The van der Waals surface area contributed by atoms with E-state index in [4.69, 9.17) is 13.9 Å². The number of aliphatic hydroxyl groups is 1. The van der Waals surface area contributed by atoms with E-state index in [2.05, 4.69) is 11.6 Å². The van der Waals surface area contributed by atoms with Gasteiger partial charge in [0.1, 0.15) is 23.7 Å². The van der Waals surface area contributed by atoms with Crippen LogP contribution in [0.1, 0.15) is 35.7 Å². The number of hydrogen-bond donors (Lipinski definition) is 1. The first-order valence-corrected chi connectivity index (χ1v) is 12.2. The highest BCUT2D eigenvalue weighted by Gasteiger charge is 2.47. The topological polar surface area (TPSA) is 107 Å². The number of benzene rings is 1. The van der Waals surface area contributed by atoms with Gasteiger partial charge in [0.25, 0.3) is 11.7 Å². The summed E-state index contributed by atoms with van der Waals surface area (Å²) in [7, 11) is 0. The van der Waals surface area contributed by atoms with Crippen molar-refractivity contribution in [3.05, 3.63) is 102 Å². The van der Waals surface area contributed by atoms with Crippen molar-refractivity contribution in [2.45, 2.75) is 26.4 Å². The minimum absolute atomic E-state index is 0.0316. The second-order valence-electron chi connectivity index (χ2n) is 8.72. The largest absolute Gasteiger partial charge is 0.505 e. The molecule has 9 heteroatoms. The number of carbonyl (C=O) groups excluding carboxylic acids is 2. The molecule has 0 radical (unpaired) electrons. The molecule has 1 aliphatic heterocycles. The number of Topliss-reactive ketones (excluding diaryl/α,β-unsaturated/α-hetero) is 1. The standard InChI is InChI=1S/C29H27N3O6/c1-4-14-38-21-12-11-19(16-22(21)36-5-2)26-24(28(34)29(35)32(26)17-20-9-8-15-37-20)27(33)25-18(3)30-23-10-6-7-13-31(23)25/h4,6-13,15-16,26,33H,1,5,14,17H2,2-3H3. The van der Waals surface area contributed by atoms with Crippen molar-refractivity contribution >= 4 is 23.1 Å². The molecular weight excluding hydrogens is 486 g/mol. The highest BCUT2D eigenvalue weighted by Crippen LogP contribution is 2.43. The molecule has 0 aliphatic carbocycles. The Labute approximate surface area is 219 Å². The van der Waals surface area contributed by atoms with Gasteiger partial charge in [-0.1, -0.05) is 24.8 Å². The van der Waals surface area contributed by atoms with E-state index >= 15 is 0 Å². The SMILES string of the molecule is C=CCOc1ccc(C2C(=C(O)c3c(C)nc4ccccn34)C(=O)C(=O)N2Cc2ccco2)cc1OCC. The van der Waals surface area contributed by atoms with E-state index in [0.29, 0.717) is 46.5 Å². The number of rotatable bonds is 9. The van der Waals surface area contributed by atoms with Gasteiger partial charge >= 0.3 is 0 Å². The van der Waals surface area contributed by atoms with Crippen molar-refractivity contribution in [2.75, 3.05) is 13.2 Å². The molecule has 0 spiro atoms. The Morgan fingerprint density at radius 3 is 2.74 bits per heavy atom. The van der Waals surface area contributed by atoms with Gasteiger partial charge in [-0.2, -0.15) is 0 Å². The van der Waals surface area contributed by atoms with E-state index < -0.39 is 17.7 Å². The maximum atomic E-state index is 13.5. The maximum absolute atomic E-state index is 13.5. The van der Waals surface area contributed by atoms with Gasteiger partial charge in [-0.05, 0) is 55.8 Å². The average Bonchev–Trinajstić information content (AvgIpc) is 3.61. The van der Waals surface area contributed by atoms with Crippen LogP contribution in [0.4, 0.5) is 0 Å². The Kier molecular flexibility index (Phi) is 6.74. The molecule has 4 heterocycles. The third kappa shape index (κ3) is 4.32. The lowest BCUT2D eigenvalue weighted by Gasteiger charge is -2.25. The number of carbonyl (C=O) groups is 2. The van der Waals surface area contributed by atoms with Crippen LogP contribution in [0.2, 0.25) is 0 Å². The Morgan fingerprint density at radius 2 is 2.00 bits per heavy atom. The van der Waals surface area contributed by atoms with Gasteiger partial charge in [0.15, 0.2) is 17.3 Å². The lowest BCUT2D eigenvalue weighted by molar-refractivity contribution is -0.140. The van der Waals surface area contributed by atoms with E-state index in [0.717, 1.165) is 0 Å². The lowest BCUT2D eigenvalue weighted by atomic mass is 9.95. The molecule has 1 N–H and O–H groups in total. The van der Waals surface area contributed by atoms with E-state index in [9.17, 15) is 14.7 Å². The van der Waals surface area contributed by atoms with Gasteiger partial charge in [0, 0.05) is 6.20 Å². The van der Waals surface area contributed by atoms with Gasteiger partial charge in [0.05, 0.1) is 36.7 Å². The first-order valence-electron chi connectivity index (χ1n) is 12.2. The number of ether oxygens (including phenoxy) is 2. The van der Waals surface area contributed by atoms with E-state index in [1.165, 1.54) is 11.2 Å². The molecule has 1 aromatic carbocycles. The summed E-state index contributed by atoms with van der Waals surface area (Å²) in [6.45, 7) is 7.96. The van der Waals surface area contributed by atoms with Gasteiger partial charge in [0.2, 0.25) is 0 Å². The number of aryl methyl sites for hydroxylation is 1. The monoisotopic (exact) mass is 513 g/mol. The summed E-state index contributed by atoms with van der Waals surface area (Å²) < 4.78 is 18.7. The molecule has 0 saturated carbocycles. The number of fused-ring (bicyclic) bond motifs is 1.